The van der Waals surface area contributed by atoms with Crippen molar-refractivity contribution in [3.63, 3.8) is 0 Å². The maximum atomic E-state index is 12.9. The summed E-state index contributed by atoms with van der Waals surface area (Å²) >= 11 is 0. The van der Waals surface area contributed by atoms with Crippen molar-refractivity contribution < 1.29 is 44.0 Å². The van der Waals surface area contributed by atoms with E-state index in [1.807, 2.05) is 0 Å². The van der Waals surface area contributed by atoms with Crippen molar-refractivity contribution in [2.45, 2.75) is 23.7 Å². The molecule has 0 aliphatic heterocycles. The molecule has 0 bridgehead atoms. The lowest BCUT2D eigenvalue weighted by molar-refractivity contribution is -0.144. The van der Waals surface area contributed by atoms with Gasteiger partial charge in [-0.15, -0.1) is 0 Å². The molecule has 0 atom stereocenters. The Labute approximate surface area is 121 Å². The normalized spacial score (nSPS) is 13.5. The van der Waals surface area contributed by atoms with E-state index in [0.29, 0.717) is 0 Å². The molecule has 4 nitrogen and oxygen atoms in total. The van der Waals surface area contributed by atoms with Crippen molar-refractivity contribution in [2.75, 3.05) is 13.7 Å². The molecule has 0 heterocycles. The summed E-state index contributed by atoms with van der Waals surface area (Å²) in [4.78, 5) is -1.48. The number of rotatable bonds is 4. The molecule has 0 aliphatic carbocycles. The first kappa shape index (κ1) is 18.7. The zero-order valence-corrected chi connectivity index (χ0v) is 11.7. The smallest absolute Gasteiger partial charge is 0.384 e. The summed E-state index contributed by atoms with van der Waals surface area (Å²) in [5.41, 5.74) is -4.71. The van der Waals surface area contributed by atoms with E-state index in [2.05, 4.69) is 4.74 Å². The van der Waals surface area contributed by atoms with Crippen LogP contribution < -0.4 is 0 Å². The molecule has 126 valence electrons. The fourth-order valence-electron chi connectivity index (χ4n) is 1.77. The lowest BCUT2D eigenvalue weighted by Crippen LogP contribution is -2.19. The van der Waals surface area contributed by atoms with Gasteiger partial charge in [0.1, 0.15) is 0 Å². The van der Waals surface area contributed by atoms with Crippen LogP contribution in [0.5, 0.6) is 0 Å². The van der Waals surface area contributed by atoms with Gasteiger partial charge in [-0.1, -0.05) is 0 Å². The summed E-state index contributed by atoms with van der Waals surface area (Å²) in [5.74, 6) is 0. The third-order valence-corrected chi connectivity index (χ3v) is 3.52. The van der Waals surface area contributed by atoms with E-state index >= 15 is 0 Å². The Morgan fingerprint density at radius 2 is 1.45 bits per heavy atom. The maximum Gasteiger partial charge on any atom is 0.416 e. The largest absolute Gasteiger partial charge is 0.416 e. The Morgan fingerprint density at radius 3 is 1.73 bits per heavy atom. The van der Waals surface area contributed by atoms with Crippen LogP contribution >= 0.6 is 0 Å². The zero-order chi connectivity index (χ0) is 17.3. The lowest BCUT2D eigenvalue weighted by atomic mass is 9.97. The summed E-state index contributed by atoms with van der Waals surface area (Å²) in [6, 6.07) is -0.0644. The molecule has 0 aliphatic rings. The molecule has 0 saturated heterocycles. The van der Waals surface area contributed by atoms with Gasteiger partial charge >= 0.3 is 12.4 Å². The molecule has 1 N–H and O–H groups in total. The summed E-state index contributed by atoms with van der Waals surface area (Å²) in [5, 5.41) is 0. The molecule has 0 radical (unpaired) electrons. The minimum Gasteiger partial charge on any atom is -0.384 e. The van der Waals surface area contributed by atoms with Gasteiger partial charge in [-0.25, -0.2) is 0 Å². The van der Waals surface area contributed by atoms with E-state index in [1.54, 1.807) is 0 Å². The molecular formula is C11H10F6O4S. The first-order chi connectivity index (χ1) is 9.78. The molecule has 0 spiro atoms. The number of hydrogen-bond donors (Lipinski definition) is 1. The highest BCUT2D eigenvalue weighted by Gasteiger charge is 2.42. The summed E-state index contributed by atoms with van der Waals surface area (Å²) in [6.07, 6.45) is -11.2. The Bertz CT molecular complexity index is 613. The average molecular weight is 352 g/mol. The first-order valence-electron chi connectivity index (χ1n) is 5.56. The van der Waals surface area contributed by atoms with Crippen LogP contribution in [0, 0.1) is 0 Å². The van der Waals surface area contributed by atoms with Crippen LogP contribution in [0.25, 0.3) is 0 Å². The Kier molecular flexibility index (Phi) is 5.15. The van der Waals surface area contributed by atoms with Crippen molar-refractivity contribution in [3.8, 4) is 0 Å². The van der Waals surface area contributed by atoms with Gasteiger partial charge in [-0.05, 0) is 24.1 Å². The summed E-state index contributed by atoms with van der Waals surface area (Å²) in [7, 11) is -4.15. The van der Waals surface area contributed by atoms with Gasteiger partial charge in [0.2, 0.25) is 0 Å². The molecule has 22 heavy (non-hydrogen) atoms. The van der Waals surface area contributed by atoms with Crippen LogP contribution in [0.1, 0.15) is 16.7 Å². The van der Waals surface area contributed by atoms with Crippen molar-refractivity contribution >= 4 is 10.1 Å². The van der Waals surface area contributed by atoms with Crippen molar-refractivity contribution in [3.05, 3.63) is 28.8 Å². The van der Waals surface area contributed by atoms with Crippen LogP contribution in [0.2, 0.25) is 0 Å². The van der Waals surface area contributed by atoms with Gasteiger partial charge in [0.15, 0.2) is 0 Å². The molecule has 1 aromatic rings. The van der Waals surface area contributed by atoms with Gasteiger partial charge in [0, 0.05) is 7.11 Å². The van der Waals surface area contributed by atoms with Gasteiger partial charge in [-0.3, -0.25) is 4.55 Å². The third-order valence-electron chi connectivity index (χ3n) is 2.69. The summed E-state index contributed by atoms with van der Waals surface area (Å²) in [6.45, 7) is -0.433. The van der Waals surface area contributed by atoms with E-state index in [1.165, 1.54) is 0 Å². The van der Waals surface area contributed by atoms with E-state index < -0.39 is 57.1 Å². The third kappa shape index (κ3) is 4.34. The van der Waals surface area contributed by atoms with Crippen LogP contribution in [0.4, 0.5) is 26.3 Å². The Morgan fingerprint density at radius 1 is 1.05 bits per heavy atom. The predicted octanol–water partition coefficient (Wildman–Crippen LogP) is 3.16. The van der Waals surface area contributed by atoms with Gasteiger partial charge in [0.25, 0.3) is 10.1 Å². The molecule has 0 amide bonds. The lowest BCUT2D eigenvalue weighted by Gasteiger charge is -2.19. The molecular weight excluding hydrogens is 342 g/mol. The number of halogens is 6. The topological polar surface area (TPSA) is 63.6 Å². The molecule has 1 aromatic carbocycles. The highest BCUT2D eigenvalue weighted by atomic mass is 32.2. The Hall–Kier alpha value is -1.33. The van der Waals surface area contributed by atoms with Crippen molar-refractivity contribution in [2.24, 2.45) is 0 Å². The van der Waals surface area contributed by atoms with Crippen LogP contribution in [-0.2, 0) is 33.6 Å². The van der Waals surface area contributed by atoms with E-state index in [-0.39, 0.29) is 12.1 Å². The van der Waals surface area contributed by atoms with Crippen LogP contribution in [0.15, 0.2) is 17.0 Å². The molecule has 0 fully saturated rings. The second-order valence-corrected chi connectivity index (χ2v) is 5.63. The fraction of sp³-hybridized carbons (Fsp3) is 0.455. The van der Waals surface area contributed by atoms with E-state index in [9.17, 15) is 34.8 Å². The van der Waals surface area contributed by atoms with Crippen LogP contribution in [-0.4, -0.2) is 26.7 Å². The SMILES string of the molecule is COCCc1c(C(F)(F)F)cc(S(=O)(=O)O)cc1C(F)(F)F. The standard InChI is InChI=1S/C11H10F6O4S/c1-21-3-2-7-8(10(12,13)14)4-6(22(18,19)20)5-9(7)11(15,16)17/h4-5H,2-3H2,1H3,(H,18,19,20). The zero-order valence-electron chi connectivity index (χ0n) is 10.9. The number of ether oxygens (including phenoxy) is 1. The first-order valence-corrected chi connectivity index (χ1v) is 7.00. The molecule has 0 saturated carbocycles. The van der Waals surface area contributed by atoms with Crippen LogP contribution in [0.3, 0.4) is 0 Å². The maximum absolute atomic E-state index is 12.9. The van der Waals surface area contributed by atoms with Gasteiger partial charge < -0.3 is 4.74 Å². The quantitative estimate of drug-likeness (QED) is 0.668. The van der Waals surface area contributed by atoms with E-state index in [0.717, 1.165) is 7.11 Å². The second kappa shape index (κ2) is 6.05. The molecule has 1 rings (SSSR count). The number of benzene rings is 1. The minimum atomic E-state index is -5.24. The van der Waals surface area contributed by atoms with Crippen molar-refractivity contribution in [1.82, 2.24) is 0 Å². The number of methoxy groups -OCH3 is 1. The van der Waals surface area contributed by atoms with Gasteiger partial charge in [-0.2, -0.15) is 34.8 Å². The monoisotopic (exact) mass is 352 g/mol. The highest BCUT2D eigenvalue weighted by molar-refractivity contribution is 7.85. The fourth-order valence-corrected chi connectivity index (χ4v) is 2.31. The average Bonchev–Trinajstić information content (AvgIpc) is 2.31. The van der Waals surface area contributed by atoms with E-state index in [4.69, 9.17) is 4.55 Å². The molecule has 0 unspecified atom stereocenters. The number of alkyl halides is 6. The second-order valence-electron chi connectivity index (χ2n) is 4.21. The number of hydrogen-bond acceptors (Lipinski definition) is 3. The predicted molar refractivity (Wildman–Crippen MR) is 61.8 cm³/mol. The Balaban J connectivity index is 3.77. The molecule has 11 heteroatoms. The summed E-state index contributed by atoms with van der Waals surface area (Å²) < 4.78 is 113. The minimum absolute atomic E-state index is 0.0322. The highest BCUT2D eigenvalue weighted by Crippen LogP contribution is 2.41. The van der Waals surface area contributed by atoms with Crippen molar-refractivity contribution in [1.29, 1.82) is 0 Å². The van der Waals surface area contributed by atoms with Gasteiger partial charge in [0.05, 0.1) is 22.6 Å². The molecule has 0 aromatic heterocycles.